The van der Waals surface area contributed by atoms with Crippen molar-refractivity contribution in [3.8, 4) is 0 Å². The van der Waals surface area contributed by atoms with Crippen LogP contribution in [-0.4, -0.2) is 20.0 Å². The maximum atomic E-state index is 9.51. The lowest BCUT2D eigenvalue weighted by atomic mass is 10.1. The Labute approximate surface area is 106 Å². The number of benzene rings is 1. The lowest BCUT2D eigenvalue weighted by Gasteiger charge is -2.39. The van der Waals surface area contributed by atoms with Crippen LogP contribution in [0.3, 0.4) is 0 Å². The van der Waals surface area contributed by atoms with Gasteiger partial charge in [0.25, 0.3) is 0 Å². The van der Waals surface area contributed by atoms with E-state index in [1.807, 2.05) is 30.3 Å². The lowest BCUT2D eigenvalue weighted by molar-refractivity contribution is 0.103. The van der Waals surface area contributed by atoms with Crippen LogP contribution in [0, 0.1) is 0 Å². The molecule has 0 fully saturated rings. The zero-order valence-electron chi connectivity index (χ0n) is 11.5. The average Bonchev–Trinajstić information content (AvgIpc) is 2.25. The van der Waals surface area contributed by atoms with Gasteiger partial charge in [-0.05, 0) is 23.7 Å². The fourth-order valence-electron chi connectivity index (χ4n) is 1.41. The molecule has 0 aliphatic rings. The van der Waals surface area contributed by atoms with Gasteiger partial charge in [-0.2, -0.15) is 0 Å². The van der Waals surface area contributed by atoms with E-state index >= 15 is 0 Å². The third kappa shape index (κ3) is 3.66. The van der Waals surface area contributed by atoms with Crippen molar-refractivity contribution in [2.45, 2.75) is 45.0 Å². The molecule has 0 aromatic heterocycles. The first-order valence-corrected chi connectivity index (χ1v) is 9.02. The van der Waals surface area contributed by atoms with Gasteiger partial charge in [-0.1, -0.05) is 51.1 Å². The summed E-state index contributed by atoms with van der Waals surface area (Å²) in [5.41, 5.74) is 1.06. The summed E-state index contributed by atoms with van der Waals surface area (Å²) in [6, 6.07) is 9.95. The summed E-state index contributed by atoms with van der Waals surface area (Å²) < 4.78 is 6.23. The van der Waals surface area contributed by atoms with Crippen LogP contribution in [0.2, 0.25) is 18.1 Å². The second-order valence-corrected chi connectivity index (χ2v) is 10.7. The Balaban J connectivity index is 2.85. The molecule has 0 spiro atoms. The maximum absolute atomic E-state index is 9.51. The molecule has 0 radical (unpaired) electrons. The third-order valence-corrected chi connectivity index (χ3v) is 8.07. The molecule has 0 bridgehead atoms. The predicted molar refractivity (Wildman–Crippen MR) is 74.6 cm³/mol. The topological polar surface area (TPSA) is 29.5 Å². The second-order valence-electron chi connectivity index (χ2n) is 5.96. The van der Waals surface area contributed by atoms with E-state index in [0.29, 0.717) is 0 Å². The van der Waals surface area contributed by atoms with E-state index < -0.39 is 8.32 Å². The van der Waals surface area contributed by atoms with Crippen molar-refractivity contribution in [3.63, 3.8) is 0 Å². The van der Waals surface area contributed by atoms with Crippen LogP contribution in [0.4, 0.5) is 0 Å². The van der Waals surface area contributed by atoms with E-state index in [-0.39, 0.29) is 17.7 Å². The molecule has 2 nitrogen and oxygen atoms in total. The van der Waals surface area contributed by atoms with Gasteiger partial charge in [-0.25, -0.2) is 0 Å². The van der Waals surface area contributed by atoms with E-state index in [4.69, 9.17) is 4.43 Å². The summed E-state index contributed by atoms with van der Waals surface area (Å²) in [4.78, 5) is 0. The highest BCUT2D eigenvalue weighted by molar-refractivity contribution is 6.74. The molecule has 0 heterocycles. The van der Waals surface area contributed by atoms with Gasteiger partial charge in [-0.3, -0.25) is 0 Å². The van der Waals surface area contributed by atoms with Gasteiger partial charge in [0.15, 0.2) is 8.32 Å². The average molecular weight is 252 g/mol. The van der Waals surface area contributed by atoms with Crippen molar-refractivity contribution in [3.05, 3.63) is 35.9 Å². The van der Waals surface area contributed by atoms with E-state index in [1.54, 1.807) is 0 Å². The van der Waals surface area contributed by atoms with Gasteiger partial charge in [0, 0.05) is 0 Å². The van der Waals surface area contributed by atoms with Gasteiger partial charge in [0.05, 0.1) is 12.7 Å². The number of hydrogen-bond donors (Lipinski definition) is 1. The quantitative estimate of drug-likeness (QED) is 0.827. The second kappa shape index (κ2) is 5.34. The highest BCUT2D eigenvalue weighted by Gasteiger charge is 2.39. The minimum absolute atomic E-state index is 0.0382. The molecule has 1 N–H and O–H groups in total. The predicted octanol–water partition coefficient (Wildman–Crippen LogP) is 3.74. The maximum Gasteiger partial charge on any atom is 0.193 e. The van der Waals surface area contributed by atoms with Crippen molar-refractivity contribution >= 4 is 8.32 Å². The molecule has 17 heavy (non-hydrogen) atoms. The standard InChI is InChI=1S/C14H24O2Si/c1-14(2,3)17(4,5)16-13(11-15)12-9-7-6-8-10-12/h6-10,13,15H,11H2,1-5H3/t13-/m1/s1. The third-order valence-electron chi connectivity index (χ3n) is 3.58. The first kappa shape index (κ1) is 14.4. The van der Waals surface area contributed by atoms with E-state index in [0.717, 1.165) is 5.56 Å². The summed E-state index contributed by atoms with van der Waals surface area (Å²) in [7, 11) is -1.83. The molecule has 1 aromatic rings. The van der Waals surface area contributed by atoms with E-state index in [1.165, 1.54) is 0 Å². The molecule has 0 aliphatic heterocycles. The summed E-state index contributed by atoms with van der Waals surface area (Å²) in [5, 5.41) is 9.67. The summed E-state index contributed by atoms with van der Waals surface area (Å²) in [5.74, 6) is 0. The fraction of sp³-hybridized carbons (Fsp3) is 0.571. The van der Waals surface area contributed by atoms with E-state index in [9.17, 15) is 5.11 Å². The molecule has 1 atom stereocenters. The Morgan fingerprint density at radius 2 is 1.71 bits per heavy atom. The van der Waals surface area contributed by atoms with Crippen molar-refractivity contribution in [2.75, 3.05) is 6.61 Å². The zero-order chi connectivity index (χ0) is 13.1. The smallest absolute Gasteiger partial charge is 0.193 e. The minimum atomic E-state index is -1.83. The first-order chi connectivity index (χ1) is 7.78. The SMILES string of the molecule is CC(C)(C)[Si](C)(C)O[C@H](CO)c1ccccc1. The molecule has 1 aromatic carbocycles. The Morgan fingerprint density at radius 3 is 2.12 bits per heavy atom. The highest BCUT2D eigenvalue weighted by Crippen LogP contribution is 2.39. The van der Waals surface area contributed by atoms with Crippen LogP contribution in [0.15, 0.2) is 30.3 Å². The van der Waals surface area contributed by atoms with Crippen LogP contribution >= 0.6 is 0 Å². The molecule has 0 unspecified atom stereocenters. The monoisotopic (exact) mass is 252 g/mol. The largest absolute Gasteiger partial charge is 0.408 e. The number of hydrogen-bond acceptors (Lipinski definition) is 2. The molecule has 0 aliphatic carbocycles. The van der Waals surface area contributed by atoms with Gasteiger partial charge in [0.1, 0.15) is 0 Å². The Bertz CT molecular complexity index is 341. The molecule has 0 saturated heterocycles. The van der Waals surface area contributed by atoms with Crippen LogP contribution in [0.25, 0.3) is 0 Å². The van der Waals surface area contributed by atoms with Crippen molar-refractivity contribution in [1.82, 2.24) is 0 Å². The van der Waals surface area contributed by atoms with Crippen LogP contribution < -0.4 is 0 Å². The number of aliphatic hydroxyl groups is 1. The molecular formula is C14H24O2Si. The molecule has 1 rings (SSSR count). The molecule has 0 saturated carbocycles. The van der Waals surface area contributed by atoms with Gasteiger partial charge >= 0.3 is 0 Å². The van der Waals surface area contributed by atoms with Gasteiger partial charge in [-0.15, -0.1) is 0 Å². The van der Waals surface area contributed by atoms with Gasteiger partial charge in [0.2, 0.25) is 0 Å². The molecule has 0 amide bonds. The Hall–Kier alpha value is -0.643. The van der Waals surface area contributed by atoms with Crippen molar-refractivity contribution in [1.29, 1.82) is 0 Å². The van der Waals surface area contributed by atoms with Crippen molar-refractivity contribution in [2.24, 2.45) is 0 Å². The highest BCUT2D eigenvalue weighted by atomic mass is 28.4. The van der Waals surface area contributed by atoms with Crippen LogP contribution in [-0.2, 0) is 4.43 Å². The lowest BCUT2D eigenvalue weighted by Crippen LogP contribution is -2.42. The van der Waals surface area contributed by atoms with Crippen molar-refractivity contribution < 1.29 is 9.53 Å². The Kier molecular flexibility index (Phi) is 4.53. The minimum Gasteiger partial charge on any atom is -0.408 e. The summed E-state index contributed by atoms with van der Waals surface area (Å²) in [6.07, 6.45) is -0.197. The summed E-state index contributed by atoms with van der Waals surface area (Å²) in [6.45, 7) is 11.1. The number of aliphatic hydroxyl groups excluding tert-OH is 1. The van der Waals surface area contributed by atoms with E-state index in [2.05, 4.69) is 33.9 Å². The zero-order valence-corrected chi connectivity index (χ0v) is 12.5. The first-order valence-electron chi connectivity index (χ1n) is 6.11. The van der Waals surface area contributed by atoms with Gasteiger partial charge < -0.3 is 9.53 Å². The van der Waals surface area contributed by atoms with Crippen LogP contribution in [0.5, 0.6) is 0 Å². The summed E-state index contributed by atoms with van der Waals surface area (Å²) >= 11 is 0. The molecular weight excluding hydrogens is 228 g/mol. The molecule has 3 heteroatoms. The Morgan fingerprint density at radius 1 is 1.18 bits per heavy atom. The normalized spacial score (nSPS) is 14.7. The van der Waals surface area contributed by atoms with Crippen LogP contribution in [0.1, 0.15) is 32.4 Å². The molecule has 96 valence electrons. The fourth-order valence-corrected chi connectivity index (χ4v) is 2.69. The number of rotatable bonds is 4.